The van der Waals surface area contributed by atoms with Crippen molar-refractivity contribution in [3.05, 3.63) is 102 Å². The molecule has 0 aliphatic carbocycles. The molecule has 2 aromatic carbocycles. The van der Waals surface area contributed by atoms with E-state index >= 15 is 0 Å². The number of nitriles is 1. The van der Waals surface area contributed by atoms with Crippen LogP contribution in [0.5, 0.6) is 0 Å². The molecule has 7 heteroatoms. The fraction of sp³-hybridized carbons (Fsp3) is 0.185. The van der Waals surface area contributed by atoms with Gasteiger partial charge in [0, 0.05) is 37.1 Å². The minimum absolute atomic E-state index is 0.177. The normalized spacial score (nSPS) is 11.6. The van der Waals surface area contributed by atoms with Crippen LogP contribution in [0.1, 0.15) is 28.3 Å². The van der Waals surface area contributed by atoms with Crippen LogP contribution in [0.2, 0.25) is 0 Å². The Morgan fingerprint density at radius 3 is 2.56 bits per heavy atom. The molecule has 2 aromatic heterocycles. The number of hydrogen-bond acceptors (Lipinski definition) is 5. The molecule has 0 saturated heterocycles. The molecule has 0 spiro atoms. The second-order valence-corrected chi connectivity index (χ2v) is 8.12. The Morgan fingerprint density at radius 1 is 1.09 bits per heavy atom. The van der Waals surface area contributed by atoms with Crippen molar-refractivity contribution in [2.45, 2.75) is 19.4 Å². The van der Waals surface area contributed by atoms with E-state index in [0.717, 1.165) is 34.2 Å². The van der Waals surface area contributed by atoms with Crippen molar-refractivity contribution in [2.75, 3.05) is 11.9 Å². The lowest BCUT2D eigenvalue weighted by Gasteiger charge is -2.19. The van der Waals surface area contributed by atoms with Crippen molar-refractivity contribution in [2.24, 2.45) is 7.05 Å². The van der Waals surface area contributed by atoms with E-state index in [2.05, 4.69) is 26.8 Å². The summed E-state index contributed by atoms with van der Waals surface area (Å²) in [4.78, 5) is 17.6. The molecule has 0 bridgehead atoms. The van der Waals surface area contributed by atoms with Crippen LogP contribution in [0, 0.1) is 18.3 Å². The van der Waals surface area contributed by atoms with Gasteiger partial charge >= 0.3 is 0 Å². The zero-order chi connectivity index (χ0) is 23.9. The number of aryl methyl sites for hydroxylation is 2. The lowest BCUT2D eigenvalue weighted by Crippen LogP contribution is -2.34. The molecule has 1 amide bonds. The molecule has 170 valence electrons. The Morgan fingerprint density at radius 2 is 1.91 bits per heavy atom. The van der Waals surface area contributed by atoms with Crippen molar-refractivity contribution < 1.29 is 4.79 Å². The lowest BCUT2D eigenvalue weighted by molar-refractivity contribution is -0.118. The quantitative estimate of drug-likeness (QED) is 0.420. The molecule has 1 atom stereocenters. The molecule has 0 radical (unpaired) electrons. The molecule has 0 aliphatic rings. The molecule has 0 unspecified atom stereocenters. The summed E-state index contributed by atoms with van der Waals surface area (Å²) in [6.07, 6.45) is 6.16. The van der Waals surface area contributed by atoms with Gasteiger partial charge in [0.1, 0.15) is 11.9 Å². The molecule has 0 saturated carbocycles. The van der Waals surface area contributed by atoms with E-state index in [0.29, 0.717) is 17.9 Å². The first-order chi connectivity index (χ1) is 16.5. The van der Waals surface area contributed by atoms with Crippen LogP contribution in [0.15, 0.2) is 79.3 Å². The number of carbonyl (C=O) groups is 1. The van der Waals surface area contributed by atoms with E-state index < -0.39 is 6.04 Å². The summed E-state index contributed by atoms with van der Waals surface area (Å²) in [7, 11) is 1.87. The predicted molar refractivity (Wildman–Crippen MR) is 132 cm³/mol. The number of carbonyl (C=O) groups excluding carboxylic acids is 1. The third-order valence-electron chi connectivity index (χ3n) is 5.66. The molecule has 34 heavy (non-hydrogen) atoms. The number of amides is 1. The zero-order valence-electron chi connectivity index (χ0n) is 19.2. The van der Waals surface area contributed by atoms with Crippen molar-refractivity contribution in [1.82, 2.24) is 20.1 Å². The number of benzene rings is 2. The van der Waals surface area contributed by atoms with E-state index in [1.807, 2.05) is 74.8 Å². The number of pyridine rings is 1. The Hall–Kier alpha value is -4.28. The van der Waals surface area contributed by atoms with Crippen LogP contribution in [-0.4, -0.2) is 27.2 Å². The van der Waals surface area contributed by atoms with E-state index in [9.17, 15) is 4.79 Å². The van der Waals surface area contributed by atoms with Crippen molar-refractivity contribution in [3.63, 3.8) is 0 Å². The molecular formula is C27H26N6O. The zero-order valence-corrected chi connectivity index (χ0v) is 19.2. The standard InChI is InChI=1S/C27H26N6O/c1-19-14-20(15-28)8-9-21(19)12-13-29-26(22-6-4-3-5-7-22)27(34)32-25-11-10-23(16-30-25)24-17-31-33(2)18-24/h3-11,14,16-18,26,29H,12-13H2,1-2H3,(H,30,32,34)/t26-/m0/s1. The van der Waals surface area contributed by atoms with Gasteiger partial charge in [-0.15, -0.1) is 0 Å². The molecule has 4 aromatic rings. The number of nitrogens with zero attached hydrogens (tertiary/aromatic N) is 4. The summed E-state index contributed by atoms with van der Waals surface area (Å²) in [6.45, 7) is 2.60. The van der Waals surface area contributed by atoms with Crippen LogP contribution >= 0.6 is 0 Å². The molecule has 0 aliphatic heterocycles. The smallest absolute Gasteiger partial charge is 0.247 e. The Balaban J connectivity index is 1.44. The summed E-state index contributed by atoms with van der Waals surface area (Å²) in [6, 6.07) is 20.7. The van der Waals surface area contributed by atoms with Gasteiger partial charge in [-0.2, -0.15) is 10.4 Å². The molecule has 2 heterocycles. The van der Waals surface area contributed by atoms with Gasteiger partial charge in [0.2, 0.25) is 5.91 Å². The highest BCUT2D eigenvalue weighted by atomic mass is 16.2. The number of aromatic nitrogens is 3. The van der Waals surface area contributed by atoms with Crippen LogP contribution in [0.3, 0.4) is 0 Å². The highest BCUT2D eigenvalue weighted by molar-refractivity contribution is 5.95. The molecule has 2 N–H and O–H groups in total. The molecular weight excluding hydrogens is 424 g/mol. The highest BCUT2D eigenvalue weighted by Crippen LogP contribution is 2.20. The fourth-order valence-electron chi connectivity index (χ4n) is 3.81. The maximum Gasteiger partial charge on any atom is 0.247 e. The topological polar surface area (TPSA) is 95.6 Å². The van der Waals surface area contributed by atoms with Gasteiger partial charge in [0.25, 0.3) is 0 Å². The maximum absolute atomic E-state index is 13.2. The molecule has 0 fully saturated rings. The number of nitrogens with one attached hydrogen (secondary N) is 2. The average molecular weight is 451 g/mol. The van der Waals surface area contributed by atoms with Gasteiger partial charge in [0.05, 0.1) is 17.8 Å². The highest BCUT2D eigenvalue weighted by Gasteiger charge is 2.20. The van der Waals surface area contributed by atoms with E-state index in [1.54, 1.807) is 23.1 Å². The SMILES string of the molecule is Cc1cc(C#N)ccc1CCN[C@H](C(=O)Nc1ccc(-c2cnn(C)c2)cn1)c1ccccc1. The molecule has 7 nitrogen and oxygen atoms in total. The predicted octanol–water partition coefficient (Wildman–Crippen LogP) is 4.17. The van der Waals surface area contributed by atoms with Crippen molar-refractivity contribution in [1.29, 1.82) is 5.26 Å². The van der Waals surface area contributed by atoms with Gasteiger partial charge < -0.3 is 10.6 Å². The fourth-order valence-corrected chi connectivity index (χ4v) is 3.81. The van der Waals surface area contributed by atoms with E-state index in [4.69, 9.17) is 5.26 Å². The van der Waals surface area contributed by atoms with Gasteiger partial charge in [-0.3, -0.25) is 9.48 Å². The lowest BCUT2D eigenvalue weighted by atomic mass is 10.0. The van der Waals surface area contributed by atoms with Crippen LogP contribution < -0.4 is 10.6 Å². The van der Waals surface area contributed by atoms with Crippen molar-refractivity contribution in [3.8, 4) is 17.2 Å². The van der Waals surface area contributed by atoms with E-state index in [-0.39, 0.29) is 5.91 Å². The summed E-state index contributed by atoms with van der Waals surface area (Å²) >= 11 is 0. The summed E-state index contributed by atoms with van der Waals surface area (Å²) in [5, 5.41) is 19.6. The van der Waals surface area contributed by atoms with Crippen molar-refractivity contribution >= 4 is 11.7 Å². The third-order valence-corrected chi connectivity index (χ3v) is 5.66. The van der Waals surface area contributed by atoms with Crippen LogP contribution in [0.25, 0.3) is 11.1 Å². The number of anilines is 1. The largest absolute Gasteiger partial charge is 0.309 e. The number of hydrogen-bond donors (Lipinski definition) is 2. The average Bonchev–Trinajstić information content (AvgIpc) is 3.29. The van der Waals surface area contributed by atoms with E-state index in [1.165, 1.54) is 0 Å². The second-order valence-electron chi connectivity index (χ2n) is 8.12. The maximum atomic E-state index is 13.2. The summed E-state index contributed by atoms with van der Waals surface area (Å²) in [5.41, 5.74) is 5.64. The first-order valence-electron chi connectivity index (χ1n) is 11.1. The third kappa shape index (κ3) is 5.55. The molecule has 4 rings (SSSR count). The van der Waals surface area contributed by atoms with Crippen LogP contribution in [0.4, 0.5) is 5.82 Å². The minimum atomic E-state index is -0.528. The monoisotopic (exact) mass is 450 g/mol. The Labute approximate surface area is 199 Å². The summed E-state index contributed by atoms with van der Waals surface area (Å²) < 4.78 is 1.74. The Kier molecular flexibility index (Phi) is 7.11. The first-order valence-corrected chi connectivity index (χ1v) is 11.1. The first kappa shape index (κ1) is 22.9. The van der Waals surface area contributed by atoms with Gasteiger partial charge in [-0.25, -0.2) is 4.98 Å². The van der Waals surface area contributed by atoms with Gasteiger partial charge in [0.15, 0.2) is 0 Å². The van der Waals surface area contributed by atoms with Gasteiger partial charge in [-0.1, -0.05) is 36.4 Å². The number of rotatable bonds is 8. The second kappa shape index (κ2) is 10.6. The Bertz CT molecular complexity index is 1310. The minimum Gasteiger partial charge on any atom is -0.309 e. The van der Waals surface area contributed by atoms with Crippen LogP contribution in [-0.2, 0) is 18.3 Å². The van der Waals surface area contributed by atoms with Gasteiger partial charge in [-0.05, 0) is 54.3 Å². The summed E-state index contributed by atoms with van der Waals surface area (Å²) in [5.74, 6) is 0.313.